The second kappa shape index (κ2) is 5.57. The van der Waals surface area contributed by atoms with Gasteiger partial charge in [0.15, 0.2) is 0 Å². The molecule has 0 amide bonds. The van der Waals surface area contributed by atoms with Crippen molar-refractivity contribution in [2.24, 2.45) is 0 Å². The summed E-state index contributed by atoms with van der Waals surface area (Å²) < 4.78 is 31.1. The fourth-order valence-electron chi connectivity index (χ4n) is 0.964. The van der Waals surface area contributed by atoms with Crippen molar-refractivity contribution in [3.05, 3.63) is 39.9 Å². The number of nitro benzene ring substituents is 1. The molecule has 0 radical (unpaired) electrons. The molecule has 1 rings (SSSR count). The summed E-state index contributed by atoms with van der Waals surface area (Å²) in [6, 6.07) is 4.97. The van der Waals surface area contributed by atoms with E-state index >= 15 is 0 Å². The SMILES string of the molecule is O=[N+]([O-])c1cccc(CS(=O)(=O)[O-])c1.[Na+]. The fourth-order valence-corrected chi connectivity index (χ4v) is 1.55. The Balaban J connectivity index is 0.00000196. The predicted molar refractivity (Wildman–Crippen MR) is 46.5 cm³/mol. The predicted octanol–water partition coefficient (Wildman–Crippen LogP) is -2.36. The molecule has 0 N–H and O–H groups in total. The van der Waals surface area contributed by atoms with Crippen LogP contribution in [0.5, 0.6) is 0 Å². The Hall–Kier alpha value is -0.470. The summed E-state index contributed by atoms with van der Waals surface area (Å²) >= 11 is 0. The van der Waals surface area contributed by atoms with Crippen molar-refractivity contribution in [3.63, 3.8) is 0 Å². The van der Waals surface area contributed by atoms with Crippen molar-refractivity contribution in [1.82, 2.24) is 0 Å². The first kappa shape index (κ1) is 14.5. The van der Waals surface area contributed by atoms with E-state index in [1.165, 1.54) is 18.2 Å². The van der Waals surface area contributed by atoms with Crippen LogP contribution in [0.1, 0.15) is 5.56 Å². The fraction of sp³-hybridized carbons (Fsp3) is 0.143. The molecule has 76 valence electrons. The van der Waals surface area contributed by atoms with Crippen LogP contribution in [0.15, 0.2) is 24.3 Å². The molecule has 1 aromatic rings. The Bertz CT molecular complexity index is 458. The molecule has 0 aromatic heterocycles. The van der Waals surface area contributed by atoms with Gasteiger partial charge in [-0.15, -0.1) is 0 Å². The van der Waals surface area contributed by atoms with Gasteiger partial charge < -0.3 is 4.55 Å². The van der Waals surface area contributed by atoms with E-state index in [-0.39, 0.29) is 40.8 Å². The molecule has 0 saturated heterocycles. The molecule has 0 atom stereocenters. The third-order valence-electron chi connectivity index (χ3n) is 1.46. The van der Waals surface area contributed by atoms with E-state index < -0.39 is 20.8 Å². The molecule has 0 heterocycles. The third-order valence-corrected chi connectivity index (χ3v) is 2.15. The van der Waals surface area contributed by atoms with Gasteiger partial charge in [0, 0.05) is 12.1 Å². The summed E-state index contributed by atoms with van der Waals surface area (Å²) in [5, 5.41) is 10.3. The summed E-state index contributed by atoms with van der Waals surface area (Å²) in [7, 11) is -4.39. The first-order valence-electron chi connectivity index (χ1n) is 3.55. The second-order valence-corrected chi connectivity index (χ2v) is 4.03. The van der Waals surface area contributed by atoms with Gasteiger partial charge in [0.2, 0.25) is 0 Å². The first-order valence-corrected chi connectivity index (χ1v) is 5.13. The Morgan fingerprint density at radius 2 is 1.93 bits per heavy atom. The largest absolute Gasteiger partial charge is 1.00 e. The summed E-state index contributed by atoms with van der Waals surface area (Å²) in [4.78, 5) is 9.64. The van der Waals surface area contributed by atoms with Crippen LogP contribution in [0.3, 0.4) is 0 Å². The standard InChI is InChI=1S/C7H7NO5S.Na/c9-8(10)7-3-1-2-6(4-7)5-14(11,12)13;/h1-4H,5H2,(H,11,12,13);/q;+1/p-1. The number of nitro groups is 1. The van der Waals surface area contributed by atoms with Crippen LogP contribution >= 0.6 is 0 Å². The maximum atomic E-state index is 10.4. The van der Waals surface area contributed by atoms with Crippen molar-refractivity contribution in [2.45, 2.75) is 5.75 Å². The minimum atomic E-state index is -4.39. The zero-order valence-electron chi connectivity index (χ0n) is 7.91. The second-order valence-electron chi connectivity index (χ2n) is 2.63. The minimum Gasteiger partial charge on any atom is -0.748 e. The number of hydrogen-bond donors (Lipinski definition) is 0. The van der Waals surface area contributed by atoms with Crippen molar-refractivity contribution >= 4 is 15.8 Å². The van der Waals surface area contributed by atoms with E-state index in [0.717, 1.165) is 6.07 Å². The summed E-state index contributed by atoms with van der Waals surface area (Å²) in [6.45, 7) is 0. The summed E-state index contributed by atoms with van der Waals surface area (Å²) in [5.74, 6) is -0.728. The van der Waals surface area contributed by atoms with Gasteiger partial charge in [0.25, 0.3) is 5.69 Å². The van der Waals surface area contributed by atoms with Crippen LogP contribution in [0.4, 0.5) is 5.69 Å². The zero-order chi connectivity index (χ0) is 10.8. The molecule has 0 aliphatic heterocycles. The zero-order valence-corrected chi connectivity index (χ0v) is 10.7. The van der Waals surface area contributed by atoms with Gasteiger partial charge in [-0.05, 0) is 5.56 Å². The molecule has 0 saturated carbocycles. The molecule has 6 nitrogen and oxygen atoms in total. The van der Waals surface area contributed by atoms with Crippen LogP contribution < -0.4 is 29.6 Å². The van der Waals surface area contributed by atoms with E-state index in [2.05, 4.69) is 0 Å². The van der Waals surface area contributed by atoms with Gasteiger partial charge >= 0.3 is 29.6 Å². The van der Waals surface area contributed by atoms with Gasteiger partial charge in [-0.3, -0.25) is 10.1 Å². The number of benzene rings is 1. The molecule has 15 heavy (non-hydrogen) atoms. The van der Waals surface area contributed by atoms with Crippen molar-refractivity contribution in [2.75, 3.05) is 0 Å². The molecule has 0 unspecified atom stereocenters. The number of nitrogens with zero attached hydrogens (tertiary/aromatic N) is 1. The van der Waals surface area contributed by atoms with Crippen LogP contribution in [0.25, 0.3) is 0 Å². The number of rotatable bonds is 3. The molecule has 0 aliphatic carbocycles. The molecule has 1 aromatic carbocycles. The number of hydrogen-bond acceptors (Lipinski definition) is 5. The molecule has 0 spiro atoms. The molecular weight excluding hydrogens is 233 g/mol. The van der Waals surface area contributed by atoms with E-state index in [0.29, 0.717) is 0 Å². The monoisotopic (exact) mass is 239 g/mol. The van der Waals surface area contributed by atoms with Gasteiger partial charge in [-0.25, -0.2) is 8.42 Å². The van der Waals surface area contributed by atoms with E-state index in [1.807, 2.05) is 0 Å². The van der Waals surface area contributed by atoms with Gasteiger partial charge in [0.1, 0.15) is 0 Å². The Labute approximate surface area is 108 Å². The average Bonchev–Trinajstić information content (AvgIpc) is 2.01. The maximum absolute atomic E-state index is 10.4. The molecule has 0 bridgehead atoms. The van der Waals surface area contributed by atoms with Crippen LogP contribution in [-0.2, 0) is 15.9 Å². The van der Waals surface area contributed by atoms with E-state index in [1.54, 1.807) is 0 Å². The minimum absolute atomic E-state index is 0. The van der Waals surface area contributed by atoms with Crippen molar-refractivity contribution in [3.8, 4) is 0 Å². The third kappa shape index (κ3) is 5.24. The van der Waals surface area contributed by atoms with Crippen molar-refractivity contribution in [1.29, 1.82) is 0 Å². The number of non-ortho nitro benzene ring substituents is 1. The molecule has 0 fully saturated rings. The van der Waals surface area contributed by atoms with Gasteiger partial charge in [-0.2, -0.15) is 0 Å². The van der Waals surface area contributed by atoms with Crippen LogP contribution in [0.2, 0.25) is 0 Å². The Kier molecular flexibility index (Phi) is 5.39. The maximum Gasteiger partial charge on any atom is 1.00 e. The quantitative estimate of drug-likeness (QED) is 0.254. The van der Waals surface area contributed by atoms with Gasteiger partial charge in [-0.1, -0.05) is 12.1 Å². The Morgan fingerprint density at radius 3 is 2.40 bits per heavy atom. The van der Waals surface area contributed by atoms with Crippen LogP contribution in [-0.4, -0.2) is 17.9 Å². The summed E-state index contributed by atoms with van der Waals surface area (Å²) in [6.07, 6.45) is 0. The normalized spacial score (nSPS) is 10.5. The smallest absolute Gasteiger partial charge is 0.748 e. The molecule has 8 heteroatoms. The molecular formula is C7H6NNaO5S. The van der Waals surface area contributed by atoms with Crippen molar-refractivity contribution < 1.29 is 47.5 Å². The summed E-state index contributed by atoms with van der Waals surface area (Å²) in [5.41, 5.74) is -0.111. The van der Waals surface area contributed by atoms with Crippen LogP contribution in [0, 0.1) is 10.1 Å². The van der Waals surface area contributed by atoms with E-state index in [4.69, 9.17) is 0 Å². The van der Waals surface area contributed by atoms with E-state index in [9.17, 15) is 23.1 Å². The van der Waals surface area contributed by atoms with Gasteiger partial charge in [0.05, 0.1) is 20.8 Å². The average molecular weight is 239 g/mol. The first-order chi connectivity index (χ1) is 6.38. The molecule has 0 aliphatic rings. The Morgan fingerprint density at radius 1 is 1.33 bits per heavy atom. The topological polar surface area (TPSA) is 100 Å².